The van der Waals surface area contributed by atoms with Crippen LogP contribution in [0.4, 0.5) is 5.69 Å². The molecule has 194 valence electrons. The van der Waals surface area contributed by atoms with E-state index >= 15 is 0 Å². The Morgan fingerprint density at radius 3 is 2.31 bits per heavy atom. The Labute approximate surface area is 219 Å². The van der Waals surface area contributed by atoms with Crippen molar-refractivity contribution >= 4 is 29.1 Å². The van der Waals surface area contributed by atoms with Gasteiger partial charge in [0, 0.05) is 36.9 Å². The van der Waals surface area contributed by atoms with Crippen LogP contribution in [0.3, 0.4) is 0 Å². The SMILES string of the molecule is CCN(CC)CCN1CN(c2ccccc2)C2(CCN(C(=O)[C@H](N)Cc3ccc(Cl)cc3)CC2)C1=O. The van der Waals surface area contributed by atoms with Crippen LogP contribution in [0, 0.1) is 0 Å². The van der Waals surface area contributed by atoms with Crippen molar-refractivity contribution in [1.82, 2.24) is 14.7 Å². The highest BCUT2D eigenvalue weighted by molar-refractivity contribution is 6.30. The predicted octanol–water partition coefficient (Wildman–Crippen LogP) is 3.22. The lowest BCUT2D eigenvalue weighted by molar-refractivity contribution is -0.139. The maximum Gasteiger partial charge on any atom is 0.250 e. The van der Waals surface area contributed by atoms with Crippen LogP contribution in [-0.2, 0) is 16.0 Å². The fourth-order valence-electron chi connectivity index (χ4n) is 5.47. The average molecular weight is 512 g/mol. The molecule has 2 aliphatic heterocycles. The van der Waals surface area contributed by atoms with Crippen LogP contribution in [0.15, 0.2) is 54.6 Å². The number of para-hydroxylation sites is 1. The molecule has 0 radical (unpaired) electrons. The molecule has 36 heavy (non-hydrogen) atoms. The molecule has 0 unspecified atom stereocenters. The highest BCUT2D eigenvalue weighted by Gasteiger charge is 2.54. The number of hydrogen-bond donors (Lipinski definition) is 1. The summed E-state index contributed by atoms with van der Waals surface area (Å²) < 4.78 is 0. The molecule has 2 aromatic rings. The largest absolute Gasteiger partial charge is 0.341 e. The van der Waals surface area contributed by atoms with E-state index < -0.39 is 11.6 Å². The number of carbonyl (C=O) groups excluding carboxylic acids is 2. The molecule has 0 saturated carbocycles. The third-order valence-corrected chi connectivity index (χ3v) is 8.00. The zero-order valence-electron chi connectivity index (χ0n) is 21.4. The van der Waals surface area contributed by atoms with E-state index in [4.69, 9.17) is 17.3 Å². The number of nitrogens with two attached hydrogens (primary N) is 1. The van der Waals surface area contributed by atoms with Crippen molar-refractivity contribution in [2.24, 2.45) is 5.73 Å². The van der Waals surface area contributed by atoms with Crippen LogP contribution >= 0.6 is 11.6 Å². The number of hydrogen-bond acceptors (Lipinski definition) is 5. The number of likely N-dealkylation sites (N-methyl/N-ethyl adjacent to an activating group) is 1. The maximum atomic E-state index is 13.9. The fourth-order valence-corrected chi connectivity index (χ4v) is 5.59. The first-order valence-corrected chi connectivity index (χ1v) is 13.4. The minimum atomic E-state index is -0.623. The predicted molar refractivity (Wildman–Crippen MR) is 145 cm³/mol. The van der Waals surface area contributed by atoms with Gasteiger partial charge in [-0.2, -0.15) is 0 Å². The number of carbonyl (C=O) groups is 2. The Morgan fingerprint density at radius 1 is 1.06 bits per heavy atom. The Balaban J connectivity index is 1.46. The van der Waals surface area contributed by atoms with E-state index in [9.17, 15) is 9.59 Å². The first kappa shape index (κ1) is 26.5. The number of benzene rings is 2. The highest BCUT2D eigenvalue weighted by Crippen LogP contribution is 2.39. The zero-order valence-corrected chi connectivity index (χ0v) is 22.2. The molecular formula is C28H38ClN5O2. The molecule has 1 spiro atoms. The summed E-state index contributed by atoms with van der Waals surface area (Å²) in [5, 5.41) is 0.662. The Bertz CT molecular complexity index is 1020. The monoisotopic (exact) mass is 511 g/mol. The number of halogens is 1. The second kappa shape index (κ2) is 11.6. The van der Waals surface area contributed by atoms with E-state index in [0.717, 1.165) is 30.9 Å². The summed E-state index contributed by atoms with van der Waals surface area (Å²) in [6, 6.07) is 17.0. The second-order valence-corrected chi connectivity index (χ2v) is 10.2. The first-order valence-electron chi connectivity index (χ1n) is 13.0. The molecule has 2 amide bonds. The lowest BCUT2D eigenvalue weighted by atomic mass is 9.85. The van der Waals surface area contributed by atoms with Gasteiger partial charge in [0.15, 0.2) is 0 Å². The molecule has 4 rings (SSSR count). The van der Waals surface area contributed by atoms with Gasteiger partial charge in [-0.05, 0) is 62.2 Å². The summed E-state index contributed by atoms with van der Waals surface area (Å²) in [6.07, 6.45) is 1.66. The topological polar surface area (TPSA) is 73.1 Å². The van der Waals surface area contributed by atoms with Gasteiger partial charge >= 0.3 is 0 Å². The smallest absolute Gasteiger partial charge is 0.250 e. The standard InChI is InChI=1S/C28H38ClN5O2/c1-3-31(4-2)18-19-33-21-34(24-8-6-5-7-9-24)28(27(33)36)14-16-32(17-15-28)26(35)25(30)20-22-10-12-23(29)13-11-22/h5-13,25H,3-4,14-21,30H2,1-2H3/t25-/m1/s1. The number of nitrogens with zero attached hydrogens (tertiary/aromatic N) is 4. The minimum Gasteiger partial charge on any atom is -0.341 e. The molecule has 2 saturated heterocycles. The van der Waals surface area contributed by atoms with Gasteiger partial charge in [-0.3, -0.25) is 9.59 Å². The third kappa shape index (κ3) is 5.53. The van der Waals surface area contributed by atoms with Crippen LogP contribution in [0.1, 0.15) is 32.3 Å². The second-order valence-electron chi connectivity index (χ2n) is 9.79. The van der Waals surface area contributed by atoms with Crippen molar-refractivity contribution in [3.05, 3.63) is 65.2 Å². The van der Waals surface area contributed by atoms with Crippen LogP contribution < -0.4 is 10.6 Å². The van der Waals surface area contributed by atoms with Crippen LogP contribution in [0.2, 0.25) is 5.02 Å². The van der Waals surface area contributed by atoms with Crippen LogP contribution in [0.25, 0.3) is 0 Å². The average Bonchev–Trinajstić information content (AvgIpc) is 3.17. The lowest BCUT2D eigenvalue weighted by Crippen LogP contribution is -2.59. The molecule has 2 N–H and O–H groups in total. The molecule has 2 heterocycles. The van der Waals surface area contributed by atoms with Gasteiger partial charge < -0.3 is 25.3 Å². The summed E-state index contributed by atoms with van der Waals surface area (Å²) in [7, 11) is 0. The van der Waals surface area contributed by atoms with Crippen LogP contribution in [-0.4, -0.2) is 84.0 Å². The minimum absolute atomic E-state index is 0.0603. The van der Waals surface area contributed by atoms with Crippen molar-refractivity contribution in [2.75, 3.05) is 50.8 Å². The van der Waals surface area contributed by atoms with Crippen molar-refractivity contribution in [3.63, 3.8) is 0 Å². The van der Waals surface area contributed by atoms with E-state index in [1.54, 1.807) is 0 Å². The van der Waals surface area contributed by atoms with Gasteiger partial charge in [-0.1, -0.05) is 55.8 Å². The van der Waals surface area contributed by atoms with Gasteiger partial charge in [0.2, 0.25) is 11.8 Å². The van der Waals surface area contributed by atoms with Crippen molar-refractivity contribution in [2.45, 2.75) is 44.7 Å². The molecule has 0 aromatic heterocycles. The normalized spacial score (nSPS) is 18.4. The third-order valence-electron chi connectivity index (χ3n) is 7.75. The van der Waals surface area contributed by atoms with Gasteiger partial charge in [0.1, 0.15) is 5.54 Å². The van der Waals surface area contributed by atoms with Gasteiger partial charge in [0.05, 0.1) is 12.7 Å². The molecule has 2 aromatic carbocycles. The molecular weight excluding hydrogens is 474 g/mol. The van der Waals surface area contributed by atoms with Crippen molar-refractivity contribution in [1.29, 1.82) is 0 Å². The number of anilines is 1. The number of piperidine rings is 1. The Kier molecular flexibility index (Phi) is 8.54. The van der Waals surface area contributed by atoms with Gasteiger partial charge in [-0.25, -0.2) is 0 Å². The van der Waals surface area contributed by atoms with E-state index in [-0.39, 0.29) is 11.8 Å². The fraction of sp³-hybridized carbons (Fsp3) is 0.500. The number of amides is 2. The number of rotatable bonds is 9. The summed E-state index contributed by atoms with van der Waals surface area (Å²) in [4.78, 5) is 35.5. The summed E-state index contributed by atoms with van der Waals surface area (Å²) in [5.74, 6) is 0.117. The molecule has 0 aliphatic carbocycles. The van der Waals surface area contributed by atoms with E-state index in [1.807, 2.05) is 52.3 Å². The van der Waals surface area contributed by atoms with Crippen LogP contribution in [0.5, 0.6) is 0 Å². The zero-order chi connectivity index (χ0) is 25.7. The Morgan fingerprint density at radius 2 is 1.69 bits per heavy atom. The molecule has 0 bridgehead atoms. The molecule has 1 atom stereocenters. The van der Waals surface area contributed by atoms with Crippen molar-refractivity contribution in [3.8, 4) is 0 Å². The quantitative estimate of drug-likeness (QED) is 0.559. The maximum absolute atomic E-state index is 13.9. The Hall–Kier alpha value is -2.61. The molecule has 2 fully saturated rings. The summed E-state index contributed by atoms with van der Waals surface area (Å²) in [6.45, 7) is 9.43. The molecule has 8 heteroatoms. The summed E-state index contributed by atoms with van der Waals surface area (Å²) >= 11 is 5.98. The number of likely N-dealkylation sites (tertiary alicyclic amines) is 1. The van der Waals surface area contributed by atoms with E-state index in [2.05, 4.69) is 35.8 Å². The summed E-state index contributed by atoms with van der Waals surface area (Å²) in [5.41, 5.74) is 7.72. The first-order chi connectivity index (χ1) is 17.4. The van der Waals surface area contributed by atoms with Crippen molar-refractivity contribution < 1.29 is 9.59 Å². The lowest BCUT2D eigenvalue weighted by Gasteiger charge is -2.43. The van der Waals surface area contributed by atoms with E-state index in [0.29, 0.717) is 50.6 Å². The molecule has 2 aliphatic rings. The van der Waals surface area contributed by atoms with Gasteiger partial charge in [0.25, 0.3) is 0 Å². The highest BCUT2D eigenvalue weighted by atomic mass is 35.5. The van der Waals surface area contributed by atoms with E-state index in [1.165, 1.54) is 0 Å². The molecule has 7 nitrogen and oxygen atoms in total. The van der Waals surface area contributed by atoms with Gasteiger partial charge in [-0.15, -0.1) is 0 Å².